The van der Waals surface area contributed by atoms with Crippen molar-refractivity contribution in [1.82, 2.24) is 9.80 Å². The molecule has 0 bridgehead atoms. The molecule has 0 aliphatic carbocycles. The number of carbonyl (C=O) groups excluding carboxylic acids is 3. The molecule has 1 saturated heterocycles. The number of benzene rings is 1. The number of rotatable bonds is 6. The lowest BCUT2D eigenvalue weighted by molar-refractivity contribution is -0.137. The maximum absolute atomic E-state index is 12.4. The summed E-state index contributed by atoms with van der Waals surface area (Å²) in [4.78, 5) is 39.6. The number of Topliss-reactive ketones (excluding diaryl/α,β-unsaturated/α-hetero) is 1. The van der Waals surface area contributed by atoms with Crippen LogP contribution in [0, 0.1) is 0 Å². The van der Waals surface area contributed by atoms with E-state index in [1.807, 2.05) is 0 Å². The molecule has 25 heavy (non-hydrogen) atoms. The van der Waals surface area contributed by atoms with Gasteiger partial charge in [-0.25, -0.2) is 0 Å². The number of morpholine rings is 1. The SMILES string of the molecule is CC(=O)c1cccc(NC(=O)[C@H](C)N(C)CC(=O)N2CCOCC2)c1. The van der Waals surface area contributed by atoms with Crippen LogP contribution in [0.5, 0.6) is 0 Å². The van der Waals surface area contributed by atoms with Gasteiger partial charge in [-0.05, 0) is 33.0 Å². The molecular weight excluding hydrogens is 322 g/mol. The lowest BCUT2D eigenvalue weighted by atomic mass is 10.1. The average molecular weight is 347 g/mol. The molecule has 1 heterocycles. The molecule has 1 N–H and O–H groups in total. The summed E-state index contributed by atoms with van der Waals surface area (Å²) in [6.45, 7) is 5.68. The van der Waals surface area contributed by atoms with Gasteiger partial charge < -0.3 is 15.0 Å². The van der Waals surface area contributed by atoms with Crippen molar-refractivity contribution in [2.45, 2.75) is 19.9 Å². The molecule has 1 aliphatic rings. The maximum atomic E-state index is 12.4. The van der Waals surface area contributed by atoms with Gasteiger partial charge in [-0.1, -0.05) is 12.1 Å². The van der Waals surface area contributed by atoms with Crippen molar-refractivity contribution in [3.63, 3.8) is 0 Å². The summed E-state index contributed by atoms with van der Waals surface area (Å²) in [7, 11) is 1.74. The second-order valence-corrected chi connectivity index (χ2v) is 6.21. The summed E-state index contributed by atoms with van der Waals surface area (Å²) in [6, 6.07) is 6.32. The molecule has 7 heteroatoms. The Bertz CT molecular complexity index is 641. The Morgan fingerprint density at radius 2 is 1.96 bits per heavy atom. The van der Waals surface area contributed by atoms with E-state index < -0.39 is 6.04 Å². The molecule has 0 unspecified atom stereocenters. The highest BCUT2D eigenvalue weighted by Crippen LogP contribution is 2.12. The number of ether oxygens (including phenoxy) is 1. The fraction of sp³-hybridized carbons (Fsp3) is 0.500. The summed E-state index contributed by atoms with van der Waals surface area (Å²) in [5.41, 5.74) is 1.11. The summed E-state index contributed by atoms with van der Waals surface area (Å²) in [5.74, 6) is -0.292. The predicted molar refractivity (Wildman–Crippen MR) is 94.6 cm³/mol. The van der Waals surface area contributed by atoms with E-state index in [1.165, 1.54) is 6.92 Å². The van der Waals surface area contributed by atoms with Crippen LogP contribution in [0.15, 0.2) is 24.3 Å². The molecule has 1 atom stereocenters. The lowest BCUT2D eigenvalue weighted by Gasteiger charge is -2.30. The van der Waals surface area contributed by atoms with Crippen molar-refractivity contribution in [2.75, 3.05) is 45.2 Å². The third-order valence-electron chi connectivity index (χ3n) is 4.33. The van der Waals surface area contributed by atoms with Crippen molar-refractivity contribution in [2.24, 2.45) is 0 Å². The van der Waals surface area contributed by atoms with Crippen LogP contribution in [0.2, 0.25) is 0 Å². The Labute approximate surface area is 147 Å². The highest BCUT2D eigenvalue weighted by atomic mass is 16.5. The van der Waals surface area contributed by atoms with Crippen molar-refractivity contribution >= 4 is 23.3 Å². The first-order chi connectivity index (χ1) is 11.9. The number of ketones is 1. The van der Waals surface area contributed by atoms with Gasteiger partial charge in [-0.15, -0.1) is 0 Å². The van der Waals surface area contributed by atoms with Crippen LogP contribution in [0.4, 0.5) is 5.69 Å². The van der Waals surface area contributed by atoms with Gasteiger partial charge in [0, 0.05) is 24.3 Å². The van der Waals surface area contributed by atoms with Gasteiger partial charge in [0.1, 0.15) is 0 Å². The summed E-state index contributed by atoms with van der Waals surface area (Å²) in [5, 5.41) is 2.79. The van der Waals surface area contributed by atoms with E-state index in [0.29, 0.717) is 37.6 Å². The molecule has 0 spiro atoms. The minimum Gasteiger partial charge on any atom is -0.378 e. The van der Waals surface area contributed by atoms with Crippen LogP contribution in [0.3, 0.4) is 0 Å². The second kappa shape index (κ2) is 8.73. The number of hydrogen-bond donors (Lipinski definition) is 1. The maximum Gasteiger partial charge on any atom is 0.241 e. The zero-order chi connectivity index (χ0) is 18.4. The van der Waals surface area contributed by atoms with Crippen LogP contribution >= 0.6 is 0 Å². The molecular formula is C18H25N3O4. The zero-order valence-corrected chi connectivity index (χ0v) is 14.9. The lowest BCUT2D eigenvalue weighted by Crippen LogP contribution is -2.48. The Morgan fingerprint density at radius 3 is 2.60 bits per heavy atom. The highest BCUT2D eigenvalue weighted by molar-refractivity contribution is 5.98. The van der Waals surface area contributed by atoms with Crippen molar-refractivity contribution < 1.29 is 19.1 Å². The largest absolute Gasteiger partial charge is 0.378 e. The van der Waals surface area contributed by atoms with Crippen LogP contribution in [-0.4, -0.2) is 73.3 Å². The summed E-state index contributed by atoms with van der Waals surface area (Å²) in [6.07, 6.45) is 0. The van der Waals surface area contributed by atoms with Crippen LogP contribution < -0.4 is 5.32 Å². The molecule has 2 rings (SSSR count). The minimum atomic E-state index is -0.481. The monoisotopic (exact) mass is 347 g/mol. The molecule has 0 saturated carbocycles. The fourth-order valence-corrected chi connectivity index (χ4v) is 2.53. The topological polar surface area (TPSA) is 79.0 Å². The first-order valence-electron chi connectivity index (χ1n) is 8.36. The van der Waals surface area contributed by atoms with E-state index in [9.17, 15) is 14.4 Å². The molecule has 0 aromatic heterocycles. The number of nitrogens with zero attached hydrogens (tertiary/aromatic N) is 2. The van der Waals surface area contributed by atoms with Crippen molar-refractivity contribution in [3.8, 4) is 0 Å². The first-order valence-corrected chi connectivity index (χ1v) is 8.36. The zero-order valence-electron chi connectivity index (χ0n) is 14.9. The smallest absolute Gasteiger partial charge is 0.241 e. The van der Waals surface area contributed by atoms with E-state index in [0.717, 1.165) is 0 Å². The van der Waals surface area contributed by atoms with Crippen molar-refractivity contribution in [1.29, 1.82) is 0 Å². The average Bonchev–Trinajstić information content (AvgIpc) is 2.61. The van der Waals surface area contributed by atoms with Gasteiger partial charge in [0.15, 0.2) is 5.78 Å². The number of hydrogen-bond acceptors (Lipinski definition) is 5. The Balaban J connectivity index is 1.91. The number of amides is 2. The Hall–Kier alpha value is -2.25. The highest BCUT2D eigenvalue weighted by Gasteiger charge is 2.23. The number of likely N-dealkylation sites (N-methyl/N-ethyl adjacent to an activating group) is 1. The van der Waals surface area contributed by atoms with Crippen LogP contribution in [0.25, 0.3) is 0 Å². The van der Waals surface area contributed by atoms with E-state index >= 15 is 0 Å². The molecule has 1 aromatic rings. The minimum absolute atomic E-state index is 0.0102. The van der Waals surface area contributed by atoms with Gasteiger partial charge >= 0.3 is 0 Å². The number of anilines is 1. The quantitative estimate of drug-likeness (QED) is 0.777. The van der Waals surface area contributed by atoms with Crippen LogP contribution in [0.1, 0.15) is 24.2 Å². The molecule has 2 amide bonds. The van der Waals surface area contributed by atoms with Gasteiger partial charge in [-0.3, -0.25) is 19.3 Å². The van der Waals surface area contributed by atoms with Gasteiger partial charge in [0.2, 0.25) is 11.8 Å². The Kier molecular flexibility index (Phi) is 6.66. The van der Waals surface area contributed by atoms with Gasteiger partial charge in [0.25, 0.3) is 0 Å². The summed E-state index contributed by atoms with van der Waals surface area (Å²) < 4.78 is 5.24. The molecule has 1 aliphatic heterocycles. The fourth-order valence-electron chi connectivity index (χ4n) is 2.53. The molecule has 1 aromatic carbocycles. The summed E-state index contributed by atoms with van der Waals surface area (Å²) >= 11 is 0. The van der Waals surface area contributed by atoms with E-state index in [1.54, 1.807) is 48.0 Å². The van der Waals surface area contributed by atoms with Gasteiger partial charge in [-0.2, -0.15) is 0 Å². The molecule has 0 radical (unpaired) electrons. The van der Waals surface area contributed by atoms with E-state index in [-0.39, 0.29) is 24.1 Å². The molecule has 1 fully saturated rings. The first kappa shape index (κ1) is 19.1. The van der Waals surface area contributed by atoms with Crippen molar-refractivity contribution in [3.05, 3.63) is 29.8 Å². The second-order valence-electron chi connectivity index (χ2n) is 6.21. The van der Waals surface area contributed by atoms with E-state index in [4.69, 9.17) is 4.74 Å². The molecule has 136 valence electrons. The third kappa shape index (κ3) is 5.37. The third-order valence-corrected chi connectivity index (χ3v) is 4.33. The predicted octanol–water partition coefficient (Wildman–Crippen LogP) is 1.01. The van der Waals surface area contributed by atoms with Crippen LogP contribution in [-0.2, 0) is 14.3 Å². The standard InChI is InChI=1S/C18H25N3O4/c1-13(20(3)12-17(23)21-7-9-25-10-8-21)18(24)19-16-6-4-5-15(11-16)14(2)22/h4-6,11,13H,7-10,12H2,1-3H3,(H,19,24)/t13-/m0/s1. The Morgan fingerprint density at radius 1 is 1.28 bits per heavy atom. The van der Waals surface area contributed by atoms with Gasteiger partial charge in [0.05, 0.1) is 25.8 Å². The number of nitrogens with one attached hydrogen (secondary N) is 1. The van der Waals surface area contributed by atoms with E-state index in [2.05, 4.69) is 5.32 Å². The molecule has 7 nitrogen and oxygen atoms in total. The normalized spacial score (nSPS) is 15.8. The number of carbonyl (C=O) groups is 3.